The van der Waals surface area contributed by atoms with Crippen LogP contribution >= 0.6 is 0 Å². The quantitative estimate of drug-likeness (QED) is 0.812. The second-order valence-corrected chi connectivity index (χ2v) is 4.80. The smallest absolute Gasteiger partial charge is 0.161 e. The minimum atomic E-state index is 0.0595. The molecule has 1 aromatic rings. The van der Waals surface area contributed by atoms with Crippen molar-refractivity contribution < 1.29 is 9.47 Å². The van der Waals surface area contributed by atoms with Crippen molar-refractivity contribution in [3.63, 3.8) is 0 Å². The molecule has 98 valence electrons. The molecule has 0 aliphatic carbocycles. The fraction of sp³-hybridized carbons (Fsp3) is 0.467. The number of rotatable bonds is 5. The van der Waals surface area contributed by atoms with E-state index < -0.39 is 0 Å². The second-order valence-electron chi connectivity index (χ2n) is 4.80. The molecule has 1 aromatic carbocycles. The Morgan fingerprint density at radius 1 is 1.44 bits per heavy atom. The number of likely N-dealkylation sites (N-methyl/N-ethyl adjacent to an activating group) is 1. The molecule has 2 unspecified atom stereocenters. The average Bonchev–Trinajstić information content (AvgIpc) is 2.39. The van der Waals surface area contributed by atoms with Crippen LogP contribution in [0.3, 0.4) is 0 Å². The Morgan fingerprint density at radius 3 is 2.83 bits per heavy atom. The summed E-state index contributed by atoms with van der Waals surface area (Å²) in [5.41, 5.74) is 1.20. The zero-order valence-electron chi connectivity index (χ0n) is 11.1. The van der Waals surface area contributed by atoms with Crippen molar-refractivity contribution in [1.82, 2.24) is 5.32 Å². The zero-order chi connectivity index (χ0) is 13.0. The monoisotopic (exact) mass is 247 g/mol. The van der Waals surface area contributed by atoms with E-state index in [1.807, 2.05) is 31.3 Å². The van der Waals surface area contributed by atoms with Crippen molar-refractivity contribution in [3.8, 4) is 11.5 Å². The summed E-state index contributed by atoms with van der Waals surface area (Å²) in [7, 11) is 1.97. The van der Waals surface area contributed by atoms with E-state index in [4.69, 9.17) is 9.47 Å². The summed E-state index contributed by atoms with van der Waals surface area (Å²) in [4.78, 5) is 0. The Kier molecular flexibility index (Phi) is 4.26. The predicted molar refractivity (Wildman–Crippen MR) is 73.2 cm³/mol. The molecule has 1 N–H and O–H groups in total. The van der Waals surface area contributed by atoms with Crippen LogP contribution in [0.25, 0.3) is 0 Å². The first-order chi connectivity index (χ1) is 8.70. The zero-order valence-corrected chi connectivity index (χ0v) is 11.1. The summed E-state index contributed by atoms with van der Waals surface area (Å²) >= 11 is 0. The van der Waals surface area contributed by atoms with Crippen molar-refractivity contribution in [3.05, 3.63) is 36.4 Å². The van der Waals surface area contributed by atoms with Crippen molar-refractivity contribution in [2.75, 3.05) is 13.7 Å². The van der Waals surface area contributed by atoms with Crippen LogP contribution in [0.2, 0.25) is 0 Å². The van der Waals surface area contributed by atoms with Gasteiger partial charge in [-0.15, -0.1) is 6.58 Å². The Bertz CT molecular complexity index is 417. The van der Waals surface area contributed by atoms with Crippen LogP contribution in [0, 0.1) is 0 Å². The SMILES string of the molecule is C=C(C)CCC(NC)C1COc2ccccc2O1. The number of benzene rings is 1. The van der Waals surface area contributed by atoms with Crippen LogP contribution in [0.4, 0.5) is 0 Å². The molecule has 18 heavy (non-hydrogen) atoms. The topological polar surface area (TPSA) is 30.5 Å². The number of hydrogen-bond donors (Lipinski definition) is 1. The van der Waals surface area contributed by atoms with Crippen LogP contribution < -0.4 is 14.8 Å². The lowest BCUT2D eigenvalue weighted by Crippen LogP contribution is -2.46. The molecular formula is C15H21NO2. The molecule has 3 heteroatoms. The van der Waals surface area contributed by atoms with Crippen LogP contribution in [0.1, 0.15) is 19.8 Å². The van der Waals surface area contributed by atoms with Gasteiger partial charge in [-0.25, -0.2) is 0 Å². The molecule has 1 aliphatic heterocycles. The first-order valence-electron chi connectivity index (χ1n) is 6.41. The maximum absolute atomic E-state index is 6.00. The van der Waals surface area contributed by atoms with E-state index in [1.165, 1.54) is 5.57 Å². The van der Waals surface area contributed by atoms with Crippen molar-refractivity contribution in [2.45, 2.75) is 31.9 Å². The highest BCUT2D eigenvalue weighted by molar-refractivity contribution is 5.40. The van der Waals surface area contributed by atoms with E-state index in [2.05, 4.69) is 18.8 Å². The number of para-hydroxylation sites is 2. The van der Waals surface area contributed by atoms with Crippen LogP contribution in [-0.2, 0) is 0 Å². The third-order valence-electron chi connectivity index (χ3n) is 3.23. The lowest BCUT2D eigenvalue weighted by Gasteiger charge is -2.32. The van der Waals surface area contributed by atoms with E-state index in [0.29, 0.717) is 6.61 Å². The molecule has 2 rings (SSSR count). The highest BCUT2D eigenvalue weighted by atomic mass is 16.6. The third kappa shape index (κ3) is 3.05. The molecule has 0 aromatic heterocycles. The van der Waals surface area contributed by atoms with Gasteiger partial charge >= 0.3 is 0 Å². The Morgan fingerprint density at radius 2 is 2.17 bits per heavy atom. The van der Waals surface area contributed by atoms with Crippen molar-refractivity contribution in [2.24, 2.45) is 0 Å². The molecule has 3 nitrogen and oxygen atoms in total. The van der Waals surface area contributed by atoms with Gasteiger partial charge in [0.2, 0.25) is 0 Å². The van der Waals surface area contributed by atoms with Gasteiger partial charge in [-0.2, -0.15) is 0 Å². The van der Waals surface area contributed by atoms with Crippen molar-refractivity contribution >= 4 is 0 Å². The van der Waals surface area contributed by atoms with Gasteiger partial charge in [0.05, 0.1) is 0 Å². The fourth-order valence-electron chi connectivity index (χ4n) is 2.15. The van der Waals surface area contributed by atoms with Gasteiger partial charge in [-0.05, 0) is 38.9 Å². The largest absolute Gasteiger partial charge is 0.486 e. The van der Waals surface area contributed by atoms with Gasteiger partial charge in [-0.1, -0.05) is 17.7 Å². The number of allylic oxidation sites excluding steroid dienone is 1. The molecule has 1 aliphatic rings. The Labute approximate surface area is 109 Å². The standard InChI is InChI=1S/C15H21NO2/c1-11(2)8-9-12(16-3)15-10-17-13-6-4-5-7-14(13)18-15/h4-7,12,15-16H,1,8-10H2,2-3H3. The predicted octanol–water partition coefficient (Wildman–Crippen LogP) is 2.77. The van der Waals surface area contributed by atoms with Gasteiger partial charge in [0.25, 0.3) is 0 Å². The molecule has 0 amide bonds. The molecule has 1 heterocycles. The van der Waals surface area contributed by atoms with E-state index >= 15 is 0 Å². The molecule has 0 spiro atoms. The van der Waals surface area contributed by atoms with Gasteiger partial charge in [0, 0.05) is 6.04 Å². The molecular weight excluding hydrogens is 226 g/mol. The van der Waals surface area contributed by atoms with Crippen LogP contribution in [-0.4, -0.2) is 25.8 Å². The molecule has 0 bridgehead atoms. The summed E-state index contributed by atoms with van der Waals surface area (Å²) in [5, 5.41) is 3.31. The van der Waals surface area contributed by atoms with Gasteiger partial charge in [-0.3, -0.25) is 0 Å². The summed E-state index contributed by atoms with van der Waals surface area (Å²) in [6.45, 7) is 6.59. The van der Waals surface area contributed by atoms with Gasteiger partial charge < -0.3 is 14.8 Å². The van der Waals surface area contributed by atoms with Gasteiger partial charge in [0.15, 0.2) is 11.5 Å². The highest BCUT2D eigenvalue weighted by Gasteiger charge is 2.27. The fourth-order valence-corrected chi connectivity index (χ4v) is 2.15. The lowest BCUT2D eigenvalue weighted by molar-refractivity contribution is 0.0617. The molecule has 0 saturated carbocycles. The molecule has 0 radical (unpaired) electrons. The average molecular weight is 247 g/mol. The summed E-state index contributed by atoms with van der Waals surface area (Å²) in [6, 6.07) is 8.10. The molecule has 2 atom stereocenters. The van der Waals surface area contributed by atoms with Crippen molar-refractivity contribution in [1.29, 1.82) is 0 Å². The summed E-state index contributed by atoms with van der Waals surface area (Å²) in [5.74, 6) is 1.67. The van der Waals surface area contributed by atoms with E-state index in [0.717, 1.165) is 24.3 Å². The number of hydrogen-bond acceptors (Lipinski definition) is 3. The first-order valence-corrected chi connectivity index (χ1v) is 6.41. The maximum Gasteiger partial charge on any atom is 0.161 e. The minimum absolute atomic E-state index is 0.0595. The summed E-state index contributed by atoms with van der Waals surface area (Å²) in [6.07, 6.45) is 2.08. The molecule has 0 fully saturated rings. The van der Waals surface area contributed by atoms with Crippen LogP contribution in [0.15, 0.2) is 36.4 Å². The normalized spacial score (nSPS) is 19.3. The summed E-state index contributed by atoms with van der Waals surface area (Å²) < 4.78 is 11.7. The highest BCUT2D eigenvalue weighted by Crippen LogP contribution is 2.32. The third-order valence-corrected chi connectivity index (χ3v) is 3.23. The first kappa shape index (κ1) is 13.0. The maximum atomic E-state index is 6.00. The Balaban J connectivity index is 2.00. The van der Waals surface area contributed by atoms with E-state index in [1.54, 1.807) is 0 Å². The minimum Gasteiger partial charge on any atom is -0.486 e. The van der Waals surface area contributed by atoms with Crippen LogP contribution in [0.5, 0.6) is 11.5 Å². The second kappa shape index (κ2) is 5.91. The van der Waals surface area contributed by atoms with Gasteiger partial charge in [0.1, 0.15) is 12.7 Å². The van der Waals surface area contributed by atoms with E-state index in [9.17, 15) is 0 Å². The number of ether oxygens (including phenoxy) is 2. The van der Waals surface area contributed by atoms with E-state index in [-0.39, 0.29) is 12.1 Å². The molecule has 0 saturated heterocycles. The Hall–Kier alpha value is -1.48. The number of nitrogens with one attached hydrogen (secondary N) is 1. The number of fused-ring (bicyclic) bond motifs is 1. The lowest BCUT2D eigenvalue weighted by atomic mass is 10.0.